The predicted molar refractivity (Wildman–Crippen MR) is 97.4 cm³/mol. The van der Waals surface area contributed by atoms with Crippen LogP contribution < -0.4 is 9.47 Å². The molecule has 0 aromatic heterocycles. The Morgan fingerprint density at radius 2 is 1.85 bits per heavy atom. The summed E-state index contributed by atoms with van der Waals surface area (Å²) >= 11 is 0. The summed E-state index contributed by atoms with van der Waals surface area (Å²) in [7, 11) is -7.12. The van der Waals surface area contributed by atoms with E-state index < -0.39 is 25.9 Å². The third kappa shape index (κ3) is 3.94. The van der Waals surface area contributed by atoms with Crippen molar-refractivity contribution in [3.05, 3.63) is 18.2 Å². The molecule has 150 valence electrons. The van der Waals surface area contributed by atoms with Crippen molar-refractivity contribution < 1.29 is 31.0 Å². The van der Waals surface area contributed by atoms with Crippen LogP contribution in [-0.2, 0) is 24.6 Å². The Morgan fingerprint density at radius 1 is 1.07 bits per heavy atom. The highest BCUT2D eigenvalue weighted by Gasteiger charge is 2.40. The Bertz CT molecular complexity index is 907. The quantitative estimate of drug-likeness (QED) is 0.699. The van der Waals surface area contributed by atoms with Gasteiger partial charge in [0.1, 0.15) is 13.2 Å². The molecule has 8 nitrogen and oxygen atoms in total. The first kappa shape index (κ1) is 19.0. The van der Waals surface area contributed by atoms with Gasteiger partial charge in [-0.25, -0.2) is 16.8 Å². The second kappa shape index (κ2) is 7.23. The molecule has 0 unspecified atom stereocenters. The van der Waals surface area contributed by atoms with Gasteiger partial charge in [-0.2, -0.15) is 4.31 Å². The zero-order chi connectivity index (χ0) is 19.1. The molecule has 0 aliphatic carbocycles. The molecule has 0 spiro atoms. The number of nitrogens with zero attached hydrogens (tertiary/aromatic N) is 1. The van der Waals surface area contributed by atoms with Crippen molar-refractivity contribution in [2.45, 2.75) is 36.3 Å². The number of sulfonamides is 1. The lowest BCUT2D eigenvalue weighted by Gasteiger charge is -2.30. The molecule has 1 aromatic rings. The predicted octanol–water partition coefficient (Wildman–Crippen LogP) is 0.815. The van der Waals surface area contributed by atoms with Gasteiger partial charge in [-0.1, -0.05) is 0 Å². The molecule has 1 aromatic carbocycles. The normalized spacial score (nSPS) is 27.1. The van der Waals surface area contributed by atoms with Gasteiger partial charge in [-0.15, -0.1) is 0 Å². The molecular formula is C17H23NO7S2. The standard InChI is InChI=1S/C17H23NO7S2/c19-26(20)9-5-13(12-26)18(11-14-2-1-6-23-14)27(21,22)15-3-4-16-17(10-15)25-8-7-24-16/h3-4,10,13-14H,1-2,5-9,11-12H2/t13-,14+/m1/s1. The molecule has 0 saturated carbocycles. The Kier molecular flexibility index (Phi) is 5.08. The zero-order valence-electron chi connectivity index (χ0n) is 14.9. The summed E-state index contributed by atoms with van der Waals surface area (Å²) in [5.74, 6) is 0.757. The molecule has 2 atom stereocenters. The molecule has 10 heteroatoms. The molecular weight excluding hydrogens is 394 g/mol. The third-order valence-electron chi connectivity index (χ3n) is 5.14. The minimum atomic E-state index is -3.90. The van der Waals surface area contributed by atoms with E-state index >= 15 is 0 Å². The van der Waals surface area contributed by atoms with E-state index in [-0.39, 0.29) is 29.0 Å². The number of ether oxygens (including phenoxy) is 3. The molecule has 0 N–H and O–H groups in total. The summed E-state index contributed by atoms with van der Waals surface area (Å²) in [5, 5.41) is 0. The number of fused-ring (bicyclic) bond motifs is 1. The topological polar surface area (TPSA) is 99.2 Å². The smallest absolute Gasteiger partial charge is 0.243 e. The Balaban J connectivity index is 1.66. The van der Waals surface area contributed by atoms with E-state index in [1.54, 1.807) is 6.07 Å². The molecule has 2 saturated heterocycles. The summed E-state index contributed by atoms with van der Waals surface area (Å²) in [4.78, 5) is 0.0778. The van der Waals surface area contributed by atoms with Gasteiger partial charge in [-0.05, 0) is 31.4 Å². The summed E-state index contributed by atoms with van der Waals surface area (Å²) in [5.41, 5.74) is 0. The number of rotatable bonds is 5. The molecule has 2 fully saturated rings. The van der Waals surface area contributed by atoms with Crippen LogP contribution in [-0.4, -0.2) is 71.2 Å². The second-order valence-electron chi connectivity index (χ2n) is 7.07. The van der Waals surface area contributed by atoms with Crippen LogP contribution >= 0.6 is 0 Å². The molecule has 3 aliphatic heterocycles. The van der Waals surface area contributed by atoms with Gasteiger partial charge in [-0.3, -0.25) is 0 Å². The lowest BCUT2D eigenvalue weighted by molar-refractivity contribution is 0.0877. The van der Waals surface area contributed by atoms with E-state index in [4.69, 9.17) is 14.2 Å². The Hall–Kier alpha value is -1.36. The highest BCUT2D eigenvalue weighted by atomic mass is 32.2. The van der Waals surface area contributed by atoms with E-state index in [0.717, 1.165) is 12.8 Å². The van der Waals surface area contributed by atoms with Crippen molar-refractivity contribution >= 4 is 19.9 Å². The minimum Gasteiger partial charge on any atom is -0.486 e. The second-order valence-corrected chi connectivity index (χ2v) is 11.2. The third-order valence-corrected chi connectivity index (χ3v) is 8.81. The van der Waals surface area contributed by atoms with Crippen LogP contribution in [0, 0.1) is 0 Å². The van der Waals surface area contributed by atoms with Crippen molar-refractivity contribution in [2.75, 3.05) is 37.9 Å². The number of benzene rings is 1. The fraction of sp³-hybridized carbons (Fsp3) is 0.647. The molecule has 27 heavy (non-hydrogen) atoms. The van der Waals surface area contributed by atoms with Crippen molar-refractivity contribution in [2.24, 2.45) is 0 Å². The van der Waals surface area contributed by atoms with Gasteiger partial charge in [0.25, 0.3) is 0 Å². The maximum Gasteiger partial charge on any atom is 0.243 e. The van der Waals surface area contributed by atoms with Crippen molar-refractivity contribution in [1.82, 2.24) is 4.31 Å². The van der Waals surface area contributed by atoms with Crippen LogP contribution in [0.4, 0.5) is 0 Å². The summed E-state index contributed by atoms with van der Waals surface area (Å²) in [6.45, 7) is 1.55. The Labute approximate surface area is 159 Å². The van der Waals surface area contributed by atoms with Crippen LogP contribution in [0.15, 0.2) is 23.1 Å². The summed E-state index contributed by atoms with van der Waals surface area (Å²) in [6.07, 6.45) is 1.75. The van der Waals surface area contributed by atoms with Gasteiger partial charge < -0.3 is 14.2 Å². The molecule has 0 radical (unpaired) electrons. The zero-order valence-corrected chi connectivity index (χ0v) is 16.5. The molecule has 3 aliphatic rings. The van der Waals surface area contributed by atoms with Crippen molar-refractivity contribution in [3.63, 3.8) is 0 Å². The van der Waals surface area contributed by atoms with Gasteiger partial charge in [0.15, 0.2) is 21.3 Å². The van der Waals surface area contributed by atoms with Crippen LogP contribution in [0.5, 0.6) is 11.5 Å². The van der Waals surface area contributed by atoms with Crippen LogP contribution in [0.1, 0.15) is 19.3 Å². The summed E-state index contributed by atoms with van der Waals surface area (Å²) in [6, 6.07) is 3.94. The SMILES string of the molecule is O=S1(=O)CC[C@@H](N(C[C@@H]2CCCO2)S(=O)(=O)c2ccc3c(c2)OCCO3)C1. The average Bonchev–Trinajstić information content (AvgIpc) is 3.28. The first-order chi connectivity index (χ1) is 12.9. The largest absolute Gasteiger partial charge is 0.486 e. The highest BCUT2D eigenvalue weighted by molar-refractivity contribution is 7.92. The number of hydrogen-bond donors (Lipinski definition) is 0. The fourth-order valence-corrected chi connectivity index (χ4v) is 7.28. The average molecular weight is 418 g/mol. The van der Waals surface area contributed by atoms with Gasteiger partial charge >= 0.3 is 0 Å². The maximum absolute atomic E-state index is 13.4. The molecule has 0 bridgehead atoms. The maximum atomic E-state index is 13.4. The molecule has 0 amide bonds. The molecule has 3 heterocycles. The van der Waals surface area contributed by atoms with E-state index in [1.807, 2.05) is 0 Å². The van der Waals surface area contributed by atoms with E-state index in [1.165, 1.54) is 16.4 Å². The fourth-order valence-electron chi connectivity index (χ4n) is 3.75. The lowest BCUT2D eigenvalue weighted by Crippen LogP contribution is -2.45. The summed E-state index contributed by atoms with van der Waals surface area (Å²) < 4.78 is 68.6. The van der Waals surface area contributed by atoms with Crippen LogP contribution in [0.3, 0.4) is 0 Å². The monoisotopic (exact) mass is 417 g/mol. The highest BCUT2D eigenvalue weighted by Crippen LogP contribution is 2.34. The van der Waals surface area contributed by atoms with Gasteiger partial charge in [0.05, 0.1) is 22.5 Å². The van der Waals surface area contributed by atoms with E-state index in [2.05, 4.69) is 0 Å². The first-order valence-electron chi connectivity index (χ1n) is 9.09. The van der Waals surface area contributed by atoms with E-state index in [9.17, 15) is 16.8 Å². The van der Waals surface area contributed by atoms with Gasteiger partial charge in [0, 0.05) is 25.3 Å². The van der Waals surface area contributed by atoms with Crippen molar-refractivity contribution in [3.8, 4) is 11.5 Å². The van der Waals surface area contributed by atoms with Gasteiger partial charge in [0.2, 0.25) is 10.0 Å². The van der Waals surface area contributed by atoms with Crippen molar-refractivity contribution in [1.29, 1.82) is 0 Å². The Morgan fingerprint density at radius 3 is 2.52 bits per heavy atom. The van der Waals surface area contributed by atoms with Crippen LogP contribution in [0.25, 0.3) is 0 Å². The number of hydrogen-bond acceptors (Lipinski definition) is 7. The lowest BCUT2D eigenvalue weighted by atomic mass is 10.2. The molecule has 4 rings (SSSR count). The first-order valence-corrected chi connectivity index (χ1v) is 12.3. The van der Waals surface area contributed by atoms with E-state index in [0.29, 0.717) is 37.7 Å². The van der Waals surface area contributed by atoms with Crippen LogP contribution in [0.2, 0.25) is 0 Å². The minimum absolute atomic E-state index is 0.0103. The number of sulfone groups is 1.